The molecular formula is C14H15ClN2OS. The Morgan fingerprint density at radius 3 is 2.68 bits per heavy atom. The summed E-state index contributed by atoms with van der Waals surface area (Å²) >= 11 is 7.68. The topological polar surface area (TPSA) is 55.1 Å². The van der Waals surface area contributed by atoms with Gasteiger partial charge < -0.3 is 11.1 Å². The van der Waals surface area contributed by atoms with Gasteiger partial charge in [0.2, 0.25) is 0 Å². The summed E-state index contributed by atoms with van der Waals surface area (Å²) in [5, 5.41) is 3.28. The maximum absolute atomic E-state index is 12.2. The van der Waals surface area contributed by atoms with Gasteiger partial charge in [-0.05, 0) is 38.1 Å². The largest absolute Gasteiger partial charge is 0.398 e. The molecule has 2 rings (SSSR count). The number of hydrogen-bond acceptors (Lipinski definition) is 3. The highest BCUT2D eigenvalue weighted by molar-refractivity contribution is 7.12. The number of nitrogen functional groups attached to an aromatic ring is 1. The van der Waals surface area contributed by atoms with Crippen molar-refractivity contribution in [2.24, 2.45) is 0 Å². The monoisotopic (exact) mass is 294 g/mol. The number of hydrogen-bond donors (Lipinski definition) is 2. The van der Waals surface area contributed by atoms with Crippen molar-refractivity contribution in [2.45, 2.75) is 19.9 Å². The molecule has 19 heavy (non-hydrogen) atoms. The number of carbonyl (C=O) groups is 1. The molecule has 0 fully saturated rings. The summed E-state index contributed by atoms with van der Waals surface area (Å²) in [4.78, 5) is 14.5. The summed E-state index contributed by atoms with van der Waals surface area (Å²) in [6, 6.07) is 9.03. The van der Waals surface area contributed by atoms with E-state index in [1.54, 1.807) is 29.5 Å². The van der Waals surface area contributed by atoms with Crippen molar-refractivity contribution < 1.29 is 4.79 Å². The van der Waals surface area contributed by atoms with Gasteiger partial charge >= 0.3 is 0 Å². The summed E-state index contributed by atoms with van der Waals surface area (Å²) in [7, 11) is 0. The third-order valence-electron chi connectivity index (χ3n) is 2.81. The van der Waals surface area contributed by atoms with Gasteiger partial charge in [-0.15, -0.1) is 11.3 Å². The normalized spacial score (nSPS) is 12.2. The quantitative estimate of drug-likeness (QED) is 0.846. The molecule has 1 unspecified atom stereocenters. The maximum atomic E-state index is 12.2. The number of halogens is 1. The number of aryl methyl sites for hydroxylation is 1. The van der Waals surface area contributed by atoms with Gasteiger partial charge in [0.15, 0.2) is 0 Å². The Hall–Kier alpha value is -1.52. The van der Waals surface area contributed by atoms with E-state index < -0.39 is 0 Å². The molecule has 5 heteroatoms. The molecule has 2 aromatic rings. The minimum absolute atomic E-state index is 0.0677. The molecule has 1 heterocycles. The average Bonchev–Trinajstić information content (AvgIpc) is 2.75. The van der Waals surface area contributed by atoms with Crippen LogP contribution in [0.2, 0.25) is 5.02 Å². The fourth-order valence-electron chi connectivity index (χ4n) is 1.81. The van der Waals surface area contributed by atoms with Crippen LogP contribution in [0.3, 0.4) is 0 Å². The van der Waals surface area contributed by atoms with Crippen LogP contribution in [0, 0.1) is 6.92 Å². The zero-order valence-corrected chi connectivity index (χ0v) is 12.3. The van der Waals surface area contributed by atoms with E-state index in [4.69, 9.17) is 17.3 Å². The van der Waals surface area contributed by atoms with Gasteiger partial charge in [0.1, 0.15) is 0 Å². The molecule has 1 atom stereocenters. The van der Waals surface area contributed by atoms with E-state index >= 15 is 0 Å². The van der Waals surface area contributed by atoms with Crippen LogP contribution in [-0.4, -0.2) is 5.91 Å². The molecule has 0 aliphatic rings. The summed E-state index contributed by atoms with van der Waals surface area (Å²) in [6.07, 6.45) is 0. The predicted molar refractivity (Wildman–Crippen MR) is 80.8 cm³/mol. The molecule has 0 aliphatic heterocycles. The zero-order chi connectivity index (χ0) is 14.0. The van der Waals surface area contributed by atoms with E-state index in [0.29, 0.717) is 16.3 Å². The van der Waals surface area contributed by atoms with Crippen molar-refractivity contribution >= 4 is 34.5 Å². The van der Waals surface area contributed by atoms with Crippen LogP contribution in [0.15, 0.2) is 30.3 Å². The number of nitrogens with two attached hydrogens (primary N) is 1. The molecule has 1 aromatic heterocycles. The standard InChI is InChI=1S/C14H15ClN2OS/c1-8-6-7-12(19-8)9(2)17-14(18)13-10(15)4-3-5-11(13)16/h3-7,9H,16H2,1-2H3,(H,17,18). The lowest BCUT2D eigenvalue weighted by atomic mass is 10.1. The predicted octanol–water partition coefficient (Wildman–Crippen LogP) is 3.78. The number of nitrogens with one attached hydrogen (secondary N) is 1. The van der Waals surface area contributed by atoms with E-state index in [2.05, 4.69) is 5.32 Å². The number of anilines is 1. The van der Waals surface area contributed by atoms with Crippen LogP contribution < -0.4 is 11.1 Å². The Kier molecular flexibility index (Phi) is 4.12. The summed E-state index contributed by atoms with van der Waals surface area (Å²) < 4.78 is 0. The highest BCUT2D eigenvalue weighted by Gasteiger charge is 2.17. The van der Waals surface area contributed by atoms with Crippen molar-refractivity contribution in [3.05, 3.63) is 50.7 Å². The van der Waals surface area contributed by atoms with Crippen molar-refractivity contribution in [1.29, 1.82) is 0 Å². The highest BCUT2D eigenvalue weighted by Crippen LogP contribution is 2.25. The first-order chi connectivity index (χ1) is 8.99. The van der Waals surface area contributed by atoms with Crippen LogP contribution in [0.5, 0.6) is 0 Å². The number of amides is 1. The van der Waals surface area contributed by atoms with Crippen LogP contribution >= 0.6 is 22.9 Å². The van der Waals surface area contributed by atoms with Gasteiger partial charge in [0.05, 0.1) is 16.6 Å². The number of rotatable bonds is 3. The Morgan fingerprint density at radius 2 is 2.11 bits per heavy atom. The van der Waals surface area contributed by atoms with Gasteiger partial charge in [-0.1, -0.05) is 17.7 Å². The van der Waals surface area contributed by atoms with Crippen LogP contribution in [0.4, 0.5) is 5.69 Å². The minimum atomic E-state index is -0.248. The van der Waals surface area contributed by atoms with E-state index in [0.717, 1.165) is 4.88 Å². The Morgan fingerprint density at radius 1 is 1.37 bits per heavy atom. The lowest BCUT2D eigenvalue weighted by Gasteiger charge is -2.14. The van der Waals surface area contributed by atoms with E-state index in [9.17, 15) is 4.79 Å². The minimum Gasteiger partial charge on any atom is -0.398 e. The molecular weight excluding hydrogens is 280 g/mol. The fourth-order valence-corrected chi connectivity index (χ4v) is 2.95. The Balaban J connectivity index is 2.17. The molecule has 100 valence electrons. The summed E-state index contributed by atoms with van der Waals surface area (Å²) in [5.41, 5.74) is 6.52. The lowest BCUT2D eigenvalue weighted by molar-refractivity contribution is 0.0941. The SMILES string of the molecule is Cc1ccc(C(C)NC(=O)c2c(N)cccc2Cl)s1. The van der Waals surface area contributed by atoms with E-state index in [1.807, 2.05) is 26.0 Å². The lowest BCUT2D eigenvalue weighted by Crippen LogP contribution is -2.27. The Bertz CT molecular complexity index is 589. The molecule has 3 N–H and O–H groups in total. The van der Waals surface area contributed by atoms with Crippen molar-refractivity contribution in [3.63, 3.8) is 0 Å². The first-order valence-electron chi connectivity index (χ1n) is 5.90. The third kappa shape index (κ3) is 3.08. The van der Waals surface area contributed by atoms with Crippen molar-refractivity contribution in [3.8, 4) is 0 Å². The highest BCUT2D eigenvalue weighted by atomic mass is 35.5. The first kappa shape index (κ1) is 13.9. The van der Waals surface area contributed by atoms with Crippen LogP contribution in [-0.2, 0) is 0 Å². The van der Waals surface area contributed by atoms with Gasteiger partial charge in [-0.2, -0.15) is 0 Å². The Labute approximate surface area is 121 Å². The fraction of sp³-hybridized carbons (Fsp3) is 0.214. The van der Waals surface area contributed by atoms with E-state index in [1.165, 1.54) is 4.88 Å². The van der Waals surface area contributed by atoms with Gasteiger partial charge in [-0.3, -0.25) is 4.79 Å². The second-order valence-electron chi connectivity index (χ2n) is 4.35. The number of benzene rings is 1. The van der Waals surface area contributed by atoms with Crippen molar-refractivity contribution in [2.75, 3.05) is 5.73 Å². The van der Waals surface area contributed by atoms with Gasteiger partial charge in [0.25, 0.3) is 5.91 Å². The number of carbonyl (C=O) groups excluding carboxylic acids is 1. The first-order valence-corrected chi connectivity index (χ1v) is 7.09. The van der Waals surface area contributed by atoms with Crippen LogP contribution in [0.25, 0.3) is 0 Å². The zero-order valence-electron chi connectivity index (χ0n) is 10.7. The van der Waals surface area contributed by atoms with Crippen molar-refractivity contribution in [1.82, 2.24) is 5.32 Å². The second kappa shape index (κ2) is 5.63. The molecule has 0 radical (unpaired) electrons. The van der Waals surface area contributed by atoms with Gasteiger partial charge in [-0.25, -0.2) is 0 Å². The molecule has 1 amide bonds. The molecule has 0 aliphatic carbocycles. The van der Waals surface area contributed by atoms with Crippen LogP contribution in [0.1, 0.15) is 33.1 Å². The molecule has 0 bridgehead atoms. The molecule has 1 aromatic carbocycles. The molecule has 0 saturated carbocycles. The second-order valence-corrected chi connectivity index (χ2v) is 6.07. The summed E-state index contributed by atoms with van der Waals surface area (Å²) in [5.74, 6) is -0.248. The average molecular weight is 295 g/mol. The van der Waals surface area contributed by atoms with Gasteiger partial charge in [0, 0.05) is 15.4 Å². The molecule has 0 spiro atoms. The maximum Gasteiger partial charge on any atom is 0.255 e. The molecule has 3 nitrogen and oxygen atoms in total. The molecule has 0 saturated heterocycles. The van der Waals surface area contributed by atoms with E-state index in [-0.39, 0.29) is 11.9 Å². The summed E-state index contributed by atoms with van der Waals surface area (Å²) in [6.45, 7) is 3.98. The third-order valence-corrected chi connectivity index (χ3v) is 4.31. The number of thiophene rings is 1. The smallest absolute Gasteiger partial charge is 0.255 e.